The lowest BCUT2D eigenvalue weighted by molar-refractivity contribution is 0.0985. The van der Waals surface area contributed by atoms with E-state index < -0.39 is 14.6 Å². The summed E-state index contributed by atoms with van der Waals surface area (Å²) in [4.78, 5) is 23.9. The minimum Gasteiger partial charge on any atom is -0.377 e. The molecule has 2 amide bonds. The minimum atomic E-state index is -3.69. The second-order valence-electron chi connectivity index (χ2n) is 9.50. The molecule has 3 aromatic rings. The van der Waals surface area contributed by atoms with Crippen molar-refractivity contribution in [3.63, 3.8) is 0 Å². The zero-order valence-electron chi connectivity index (χ0n) is 21.0. The van der Waals surface area contributed by atoms with E-state index in [9.17, 15) is 13.2 Å². The Morgan fingerprint density at radius 3 is 2.43 bits per heavy atom. The van der Waals surface area contributed by atoms with Gasteiger partial charge >= 0.3 is 6.03 Å². The molecular formula is C27H31N5O4S. The van der Waals surface area contributed by atoms with Gasteiger partial charge in [-0.15, -0.1) is 0 Å². The molecule has 5 rings (SSSR count). The molecule has 37 heavy (non-hydrogen) atoms. The largest absolute Gasteiger partial charge is 0.377 e. The van der Waals surface area contributed by atoms with E-state index in [-0.39, 0.29) is 12.1 Å². The summed E-state index contributed by atoms with van der Waals surface area (Å²) < 4.78 is 32.5. The Kier molecular flexibility index (Phi) is 6.87. The number of nitrogens with one attached hydrogen (secondary N) is 2. The number of hydrogen-bond donors (Lipinski definition) is 2. The van der Waals surface area contributed by atoms with E-state index in [0.29, 0.717) is 60.5 Å². The molecule has 1 saturated heterocycles. The average molecular weight is 522 g/mol. The molecule has 2 heterocycles. The van der Waals surface area contributed by atoms with Gasteiger partial charge in [-0.05, 0) is 62.6 Å². The number of carbonyl (C=O) groups is 1. The van der Waals surface area contributed by atoms with Crippen molar-refractivity contribution in [1.82, 2.24) is 15.3 Å². The molecular weight excluding hydrogens is 490 g/mol. The van der Waals surface area contributed by atoms with Crippen molar-refractivity contribution in [3.8, 4) is 11.4 Å². The number of hydrogen-bond acceptors (Lipinski definition) is 7. The zero-order valence-corrected chi connectivity index (χ0v) is 21.8. The van der Waals surface area contributed by atoms with E-state index in [4.69, 9.17) is 14.7 Å². The highest BCUT2D eigenvalue weighted by atomic mass is 32.2. The van der Waals surface area contributed by atoms with Crippen LogP contribution >= 0.6 is 0 Å². The van der Waals surface area contributed by atoms with E-state index in [0.717, 1.165) is 12.0 Å². The van der Waals surface area contributed by atoms with E-state index >= 15 is 0 Å². The lowest BCUT2D eigenvalue weighted by atomic mass is 9.81. The molecule has 10 heteroatoms. The molecule has 0 radical (unpaired) electrons. The first-order valence-electron chi connectivity index (χ1n) is 12.5. The number of anilines is 2. The Hall–Kier alpha value is -3.50. The predicted octanol–water partition coefficient (Wildman–Crippen LogP) is 3.97. The Morgan fingerprint density at radius 1 is 1.08 bits per heavy atom. The molecule has 0 bridgehead atoms. The van der Waals surface area contributed by atoms with Gasteiger partial charge in [-0.1, -0.05) is 18.2 Å². The number of benzene rings is 2. The molecule has 1 aliphatic carbocycles. The first-order chi connectivity index (χ1) is 17.8. The SMILES string of the molecule is CNC(=O)Nc1ccc(-c2nc(N3CCOC[C@@H]3C)cc(C3(S(=O)(=O)c4ccccc4)CCC3)n2)cc1. The first-order valence-corrected chi connectivity index (χ1v) is 14.0. The Morgan fingerprint density at radius 2 is 1.81 bits per heavy atom. The third-order valence-corrected chi connectivity index (χ3v) is 9.74. The monoisotopic (exact) mass is 521 g/mol. The Bertz CT molecular complexity index is 1380. The Balaban J connectivity index is 1.61. The molecule has 194 valence electrons. The van der Waals surface area contributed by atoms with Crippen LogP contribution in [0.1, 0.15) is 31.9 Å². The summed E-state index contributed by atoms with van der Waals surface area (Å²) in [6, 6.07) is 17.5. The fraction of sp³-hybridized carbons (Fsp3) is 0.370. The molecule has 2 N–H and O–H groups in total. The second-order valence-corrected chi connectivity index (χ2v) is 11.8. The fourth-order valence-corrected chi connectivity index (χ4v) is 7.07. The van der Waals surface area contributed by atoms with Crippen molar-refractivity contribution >= 4 is 27.4 Å². The highest BCUT2D eigenvalue weighted by Crippen LogP contribution is 2.51. The van der Waals surface area contributed by atoms with Crippen LogP contribution < -0.4 is 15.5 Å². The van der Waals surface area contributed by atoms with Crippen LogP contribution in [0.5, 0.6) is 0 Å². The van der Waals surface area contributed by atoms with Crippen LogP contribution in [0.25, 0.3) is 11.4 Å². The number of ether oxygens (including phenoxy) is 1. The number of amides is 2. The maximum absolute atomic E-state index is 14.0. The number of rotatable bonds is 6. The molecule has 9 nitrogen and oxygen atoms in total. The van der Waals surface area contributed by atoms with Gasteiger partial charge in [-0.3, -0.25) is 0 Å². The number of carbonyl (C=O) groups excluding carboxylic acids is 1. The molecule has 0 unspecified atom stereocenters. The normalized spacial score (nSPS) is 19.1. The first kappa shape index (κ1) is 25.2. The third kappa shape index (κ3) is 4.67. The van der Waals surface area contributed by atoms with E-state index in [1.165, 1.54) is 0 Å². The standard InChI is InChI=1S/C27H31N5O4S/c1-19-18-36-16-15-32(19)24-17-23(27(13-6-14-27)37(34,35)22-7-4-3-5-8-22)30-25(31-24)20-9-11-21(12-10-20)29-26(33)28-2/h3-5,7-12,17,19H,6,13-16,18H2,1-2H3,(H2,28,29,33)/t19-/m0/s1. The number of morpholine rings is 1. The number of sulfone groups is 1. The third-order valence-electron chi connectivity index (χ3n) is 7.20. The average Bonchev–Trinajstić information content (AvgIpc) is 2.89. The van der Waals surface area contributed by atoms with Gasteiger partial charge in [0.1, 0.15) is 10.6 Å². The zero-order chi connectivity index (χ0) is 26.0. The highest BCUT2D eigenvalue weighted by Gasteiger charge is 2.52. The second kappa shape index (κ2) is 10.1. The smallest absolute Gasteiger partial charge is 0.318 e. The van der Waals surface area contributed by atoms with Gasteiger partial charge in [0.25, 0.3) is 0 Å². The van der Waals surface area contributed by atoms with E-state index in [1.54, 1.807) is 43.4 Å². The van der Waals surface area contributed by atoms with Crippen LogP contribution in [0.3, 0.4) is 0 Å². The van der Waals surface area contributed by atoms with Gasteiger partial charge in [0.15, 0.2) is 15.7 Å². The predicted molar refractivity (Wildman–Crippen MR) is 142 cm³/mol. The summed E-state index contributed by atoms with van der Waals surface area (Å²) in [5, 5.41) is 5.26. The van der Waals surface area contributed by atoms with Crippen LogP contribution in [-0.4, -0.2) is 57.3 Å². The fourth-order valence-electron chi connectivity index (χ4n) is 4.89. The molecule has 1 aromatic heterocycles. The van der Waals surface area contributed by atoms with Crippen LogP contribution in [0.15, 0.2) is 65.6 Å². The highest BCUT2D eigenvalue weighted by molar-refractivity contribution is 7.92. The van der Waals surface area contributed by atoms with Gasteiger partial charge in [-0.2, -0.15) is 0 Å². The molecule has 2 aliphatic rings. The summed E-state index contributed by atoms with van der Waals surface area (Å²) in [6.45, 7) is 3.87. The maximum Gasteiger partial charge on any atom is 0.318 e. The van der Waals surface area contributed by atoms with Gasteiger partial charge < -0.3 is 20.3 Å². The van der Waals surface area contributed by atoms with Crippen molar-refractivity contribution in [2.24, 2.45) is 0 Å². The lowest BCUT2D eigenvalue weighted by Crippen LogP contribution is -2.46. The lowest BCUT2D eigenvalue weighted by Gasteiger charge is -2.41. The number of aromatic nitrogens is 2. The molecule has 2 aromatic carbocycles. The summed E-state index contributed by atoms with van der Waals surface area (Å²) in [7, 11) is -2.14. The molecule has 0 spiro atoms. The van der Waals surface area contributed by atoms with E-state index in [2.05, 4.69) is 22.5 Å². The summed E-state index contributed by atoms with van der Waals surface area (Å²) in [5.41, 5.74) is 1.88. The van der Waals surface area contributed by atoms with Crippen LogP contribution in [-0.2, 0) is 19.3 Å². The number of nitrogens with zero attached hydrogens (tertiary/aromatic N) is 3. The van der Waals surface area contributed by atoms with Crippen LogP contribution in [0, 0.1) is 0 Å². The molecule has 2 fully saturated rings. The van der Waals surface area contributed by atoms with Crippen LogP contribution in [0.2, 0.25) is 0 Å². The van der Waals surface area contributed by atoms with Crippen molar-refractivity contribution < 1.29 is 17.9 Å². The number of urea groups is 1. The minimum absolute atomic E-state index is 0.0894. The topological polar surface area (TPSA) is 114 Å². The van der Waals surface area contributed by atoms with Crippen LogP contribution in [0.4, 0.5) is 16.3 Å². The van der Waals surface area contributed by atoms with Crippen molar-refractivity contribution in [3.05, 3.63) is 66.4 Å². The summed E-state index contributed by atoms with van der Waals surface area (Å²) >= 11 is 0. The van der Waals surface area contributed by atoms with Crippen molar-refractivity contribution in [1.29, 1.82) is 0 Å². The van der Waals surface area contributed by atoms with Crippen molar-refractivity contribution in [2.45, 2.75) is 41.9 Å². The summed E-state index contributed by atoms with van der Waals surface area (Å²) in [6.07, 6.45) is 1.83. The Labute approximate surface area is 217 Å². The maximum atomic E-state index is 14.0. The quantitative estimate of drug-likeness (QED) is 0.505. The van der Waals surface area contributed by atoms with Gasteiger partial charge in [-0.25, -0.2) is 23.2 Å². The van der Waals surface area contributed by atoms with Gasteiger partial charge in [0.05, 0.1) is 29.8 Å². The molecule has 1 aliphatic heterocycles. The van der Waals surface area contributed by atoms with Gasteiger partial charge in [0.2, 0.25) is 0 Å². The van der Waals surface area contributed by atoms with Gasteiger partial charge in [0, 0.05) is 30.9 Å². The van der Waals surface area contributed by atoms with E-state index in [1.807, 2.05) is 24.3 Å². The molecule has 1 saturated carbocycles. The summed E-state index contributed by atoms with van der Waals surface area (Å²) in [5.74, 6) is 1.14. The van der Waals surface area contributed by atoms with Crippen molar-refractivity contribution in [2.75, 3.05) is 37.0 Å². The molecule has 1 atom stereocenters.